The average molecular weight is 392 g/mol. The lowest BCUT2D eigenvalue weighted by Crippen LogP contribution is -2.43. The number of halogens is 1. The van der Waals surface area contributed by atoms with Gasteiger partial charge in [-0.1, -0.05) is 42.6 Å². The van der Waals surface area contributed by atoms with Crippen molar-refractivity contribution in [1.82, 2.24) is 5.32 Å². The van der Waals surface area contributed by atoms with Crippen molar-refractivity contribution in [2.24, 2.45) is 0 Å². The first-order chi connectivity index (χ1) is 12.7. The first kappa shape index (κ1) is 19.4. The molecule has 1 saturated carbocycles. The summed E-state index contributed by atoms with van der Waals surface area (Å²) >= 11 is 7.74. The molecule has 1 heterocycles. The number of carbonyl (C=O) groups excluding carboxylic acids is 1. The second-order valence-corrected chi connectivity index (χ2v) is 8.48. The Morgan fingerprint density at radius 3 is 2.54 bits per heavy atom. The highest BCUT2D eigenvalue weighted by molar-refractivity contribution is 7.10. The highest BCUT2D eigenvalue weighted by Crippen LogP contribution is 2.41. The highest BCUT2D eigenvalue weighted by atomic mass is 35.5. The van der Waals surface area contributed by atoms with E-state index in [4.69, 9.17) is 11.6 Å². The van der Waals surface area contributed by atoms with Crippen molar-refractivity contribution < 1.29 is 9.90 Å². The van der Waals surface area contributed by atoms with E-state index in [1.165, 1.54) is 4.88 Å². The average Bonchev–Trinajstić information content (AvgIpc) is 3.34. The molecule has 3 rings (SSSR count). The summed E-state index contributed by atoms with van der Waals surface area (Å²) in [7, 11) is 0. The molecule has 5 heteroatoms. The van der Waals surface area contributed by atoms with Crippen molar-refractivity contribution in [3.63, 3.8) is 0 Å². The lowest BCUT2D eigenvalue weighted by Gasteiger charge is -2.29. The third-order valence-corrected chi connectivity index (χ3v) is 6.78. The number of hydrogen-bond acceptors (Lipinski definition) is 3. The van der Waals surface area contributed by atoms with Crippen LogP contribution in [0.4, 0.5) is 0 Å². The van der Waals surface area contributed by atoms with Gasteiger partial charge in [-0.25, -0.2) is 0 Å². The van der Waals surface area contributed by atoms with Gasteiger partial charge in [0.05, 0.1) is 5.41 Å². The molecule has 1 atom stereocenters. The summed E-state index contributed by atoms with van der Waals surface area (Å²) in [6.07, 6.45) is 5.54. The number of aliphatic hydroxyl groups excluding tert-OH is 1. The Balaban J connectivity index is 1.64. The molecule has 1 aliphatic carbocycles. The monoisotopic (exact) mass is 391 g/mol. The summed E-state index contributed by atoms with van der Waals surface area (Å²) in [5.74, 6) is 0.432. The van der Waals surface area contributed by atoms with Crippen LogP contribution < -0.4 is 5.32 Å². The fourth-order valence-corrected chi connectivity index (χ4v) is 5.06. The molecule has 1 aromatic heterocycles. The number of rotatable bonds is 8. The Morgan fingerprint density at radius 1 is 1.19 bits per heavy atom. The van der Waals surface area contributed by atoms with Gasteiger partial charge in [-0.3, -0.25) is 4.79 Å². The number of carbonyl (C=O) groups is 1. The van der Waals surface area contributed by atoms with E-state index in [0.29, 0.717) is 17.5 Å². The van der Waals surface area contributed by atoms with Gasteiger partial charge >= 0.3 is 0 Å². The number of thiophene rings is 1. The van der Waals surface area contributed by atoms with Crippen molar-refractivity contribution in [3.05, 3.63) is 57.2 Å². The summed E-state index contributed by atoms with van der Waals surface area (Å²) in [6.45, 7) is 0.808. The molecular weight excluding hydrogens is 366 g/mol. The molecule has 1 amide bonds. The molecule has 1 aliphatic rings. The van der Waals surface area contributed by atoms with E-state index in [2.05, 4.69) is 16.8 Å². The van der Waals surface area contributed by atoms with Gasteiger partial charge in [-0.05, 0) is 60.7 Å². The predicted molar refractivity (Wildman–Crippen MR) is 108 cm³/mol. The third-order valence-electron chi connectivity index (χ3n) is 5.49. The van der Waals surface area contributed by atoms with Gasteiger partial charge in [0.25, 0.3) is 0 Å². The van der Waals surface area contributed by atoms with Crippen LogP contribution in [0.15, 0.2) is 41.8 Å². The molecular formula is C21H26ClNO2S. The topological polar surface area (TPSA) is 49.3 Å². The molecule has 140 valence electrons. The SMILES string of the molecule is O=C(NCC[C@@H](CCO)c1cccs1)C1(c2ccc(Cl)cc2)CCCC1. The Hall–Kier alpha value is -1.36. The lowest BCUT2D eigenvalue weighted by molar-refractivity contribution is -0.126. The summed E-state index contributed by atoms with van der Waals surface area (Å²) in [5, 5.41) is 15.3. The molecule has 1 aromatic carbocycles. The molecule has 3 nitrogen and oxygen atoms in total. The van der Waals surface area contributed by atoms with Crippen LogP contribution >= 0.6 is 22.9 Å². The van der Waals surface area contributed by atoms with Crippen LogP contribution in [0.3, 0.4) is 0 Å². The zero-order chi connectivity index (χ0) is 18.4. The predicted octanol–water partition coefficient (Wildman–Crippen LogP) is 4.89. The number of aliphatic hydroxyl groups is 1. The van der Waals surface area contributed by atoms with Crippen molar-refractivity contribution in [2.45, 2.75) is 49.9 Å². The second kappa shape index (κ2) is 9.03. The van der Waals surface area contributed by atoms with Crippen LogP contribution in [0.25, 0.3) is 0 Å². The fourth-order valence-electron chi connectivity index (χ4n) is 4.03. The highest BCUT2D eigenvalue weighted by Gasteiger charge is 2.42. The number of amides is 1. The standard InChI is InChI=1S/C21H26ClNO2S/c22-18-7-5-17(6-8-18)21(11-1-2-12-21)20(25)23-13-9-16(10-14-24)19-4-3-15-26-19/h3-8,15-16,24H,1-2,9-14H2,(H,23,25)/t16-/m0/s1. The Kier molecular flexibility index (Phi) is 6.74. The van der Waals surface area contributed by atoms with Crippen molar-refractivity contribution in [2.75, 3.05) is 13.2 Å². The number of hydrogen-bond donors (Lipinski definition) is 2. The van der Waals surface area contributed by atoms with Gasteiger partial charge in [-0.2, -0.15) is 0 Å². The van der Waals surface area contributed by atoms with E-state index < -0.39 is 5.41 Å². The van der Waals surface area contributed by atoms with Gasteiger partial charge in [0.1, 0.15) is 0 Å². The number of benzene rings is 1. The van der Waals surface area contributed by atoms with Crippen molar-refractivity contribution in [1.29, 1.82) is 0 Å². The zero-order valence-electron chi connectivity index (χ0n) is 14.9. The van der Waals surface area contributed by atoms with Crippen LogP contribution in [0.1, 0.15) is 54.9 Å². The second-order valence-electron chi connectivity index (χ2n) is 7.07. The number of nitrogens with one attached hydrogen (secondary N) is 1. The molecule has 0 radical (unpaired) electrons. The van der Waals surface area contributed by atoms with Gasteiger partial charge in [0.15, 0.2) is 0 Å². The van der Waals surface area contributed by atoms with E-state index in [9.17, 15) is 9.90 Å². The van der Waals surface area contributed by atoms with Crippen LogP contribution in [-0.4, -0.2) is 24.2 Å². The fraction of sp³-hybridized carbons (Fsp3) is 0.476. The molecule has 0 aliphatic heterocycles. The smallest absolute Gasteiger partial charge is 0.230 e. The van der Waals surface area contributed by atoms with E-state index in [1.807, 2.05) is 30.3 Å². The largest absolute Gasteiger partial charge is 0.396 e. The first-order valence-corrected chi connectivity index (χ1v) is 10.6. The molecule has 26 heavy (non-hydrogen) atoms. The Bertz CT molecular complexity index is 693. The van der Waals surface area contributed by atoms with Crippen molar-refractivity contribution in [3.8, 4) is 0 Å². The van der Waals surface area contributed by atoms with Crippen LogP contribution in [0, 0.1) is 0 Å². The van der Waals surface area contributed by atoms with Gasteiger partial charge in [0, 0.05) is 23.1 Å². The Morgan fingerprint density at radius 2 is 1.92 bits per heavy atom. The van der Waals surface area contributed by atoms with Crippen LogP contribution in [0.2, 0.25) is 5.02 Å². The minimum atomic E-state index is -0.417. The van der Waals surface area contributed by atoms with Crippen LogP contribution in [-0.2, 0) is 10.2 Å². The van der Waals surface area contributed by atoms with E-state index in [-0.39, 0.29) is 12.5 Å². The molecule has 0 saturated heterocycles. The van der Waals surface area contributed by atoms with Crippen molar-refractivity contribution >= 4 is 28.8 Å². The zero-order valence-corrected chi connectivity index (χ0v) is 16.5. The maximum atomic E-state index is 13.1. The molecule has 0 spiro atoms. The molecule has 0 bridgehead atoms. The molecule has 0 unspecified atom stereocenters. The summed E-state index contributed by atoms with van der Waals surface area (Å²) in [6, 6.07) is 11.9. The lowest BCUT2D eigenvalue weighted by atomic mass is 9.78. The quantitative estimate of drug-likeness (QED) is 0.673. The van der Waals surface area contributed by atoms with Gasteiger partial charge < -0.3 is 10.4 Å². The van der Waals surface area contributed by atoms with Gasteiger partial charge in [0.2, 0.25) is 5.91 Å². The van der Waals surface area contributed by atoms with E-state index in [1.54, 1.807) is 11.3 Å². The third kappa shape index (κ3) is 4.30. The summed E-state index contributed by atoms with van der Waals surface area (Å²) in [4.78, 5) is 14.4. The maximum absolute atomic E-state index is 13.1. The van der Waals surface area contributed by atoms with Gasteiger partial charge in [-0.15, -0.1) is 11.3 Å². The summed E-state index contributed by atoms with van der Waals surface area (Å²) in [5.41, 5.74) is 0.655. The minimum absolute atomic E-state index is 0.131. The first-order valence-electron chi connectivity index (χ1n) is 9.34. The molecule has 2 N–H and O–H groups in total. The Labute approximate surface area is 164 Å². The molecule has 1 fully saturated rings. The normalized spacial score (nSPS) is 17.2. The summed E-state index contributed by atoms with van der Waals surface area (Å²) < 4.78 is 0. The molecule has 2 aromatic rings. The maximum Gasteiger partial charge on any atom is 0.230 e. The van der Waals surface area contributed by atoms with E-state index in [0.717, 1.165) is 44.1 Å². The van der Waals surface area contributed by atoms with E-state index >= 15 is 0 Å². The minimum Gasteiger partial charge on any atom is -0.396 e. The van der Waals surface area contributed by atoms with Crippen LogP contribution in [0.5, 0.6) is 0 Å².